The Bertz CT molecular complexity index is 346. The molecule has 1 atom stereocenters. The number of benzene rings is 1. The molecule has 0 saturated carbocycles. The predicted octanol–water partition coefficient (Wildman–Crippen LogP) is 2.62. The topological polar surface area (TPSA) is 43.1 Å². The van der Waals surface area contributed by atoms with Gasteiger partial charge >= 0.3 is 0 Å². The first-order valence-corrected chi connectivity index (χ1v) is 5.98. The molecule has 88 valence electrons. The summed E-state index contributed by atoms with van der Waals surface area (Å²) in [5.41, 5.74) is 8.11. The molecule has 16 heavy (non-hydrogen) atoms. The van der Waals surface area contributed by atoms with Gasteiger partial charge in [-0.2, -0.15) is 0 Å². The highest BCUT2D eigenvalue weighted by Gasteiger charge is 2.13. The number of Topliss-reactive ketones (excluding diaryl/α,β-unsaturated/α-hetero) is 1. The van der Waals surface area contributed by atoms with E-state index in [9.17, 15) is 4.79 Å². The summed E-state index contributed by atoms with van der Waals surface area (Å²) in [6.45, 7) is 4.14. The van der Waals surface area contributed by atoms with E-state index in [4.69, 9.17) is 5.73 Å². The van der Waals surface area contributed by atoms with Crippen molar-refractivity contribution in [3.05, 3.63) is 35.4 Å². The first kappa shape index (κ1) is 12.9. The quantitative estimate of drug-likeness (QED) is 0.799. The minimum atomic E-state index is -0.292. The Morgan fingerprint density at radius 1 is 1.38 bits per heavy atom. The van der Waals surface area contributed by atoms with E-state index in [1.54, 1.807) is 0 Å². The number of hydrogen-bond donors (Lipinski definition) is 1. The van der Waals surface area contributed by atoms with E-state index in [0.717, 1.165) is 24.8 Å². The Morgan fingerprint density at radius 3 is 2.69 bits per heavy atom. The van der Waals surface area contributed by atoms with Gasteiger partial charge in [-0.25, -0.2) is 0 Å². The van der Waals surface area contributed by atoms with Crippen LogP contribution in [0, 0.1) is 6.92 Å². The molecule has 0 aliphatic heterocycles. The van der Waals surface area contributed by atoms with Crippen LogP contribution in [0.5, 0.6) is 0 Å². The summed E-state index contributed by atoms with van der Waals surface area (Å²) in [5.74, 6) is 0.155. The number of hydrogen-bond acceptors (Lipinski definition) is 2. The lowest BCUT2D eigenvalue weighted by molar-refractivity contribution is -0.119. The molecule has 1 unspecified atom stereocenters. The van der Waals surface area contributed by atoms with E-state index in [2.05, 4.69) is 6.92 Å². The molecule has 0 fully saturated rings. The average Bonchev–Trinajstić information content (AvgIpc) is 2.28. The maximum Gasteiger partial charge on any atom is 0.153 e. The van der Waals surface area contributed by atoms with Gasteiger partial charge in [0.15, 0.2) is 5.78 Å². The number of carbonyl (C=O) groups is 1. The zero-order chi connectivity index (χ0) is 12.0. The van der Waals surface area contributed by atoms with Crippen LogP contribution in [0.3, 0.4) is 0 Å². The van der Waals surface area contributed by atoms with Crippen molar-refractivity contribution in [3.63, 3.8) is 0 Å². The van der Waals surface area contributed by atoms with E-state index in [1.807, 2.05) is 31.2 Å². The molecule has 0 bridgehead atoms. The maximum atomic E-state index is 11.8. The minimum Gasteiger partial charge on any atom is -0.321 e. The molecule has 0 aliphatic rings. The molecule has 2 nitrogen and oxygen atoms in total. The van der Waals surface area contributed by atoms with Gasteiger partial charge in [-0.1, -0.05) is 44.0 Å². The van der Waals surface area contributed by atoms with Crippen LogP contribution in [0.2, 0.25) is 0 Å². The molecule has 1 aromatic carbocycles. The fourth-order valence-corrected chi connectivity index (χ4v) is 1.71. The van der Waals surface area contributed by atoms with Crippen LogP contribution in [0.25, 0.3) is 0 Å². The highest BCUT2D eigenvalue weighted by molar-refractivity contribution is 5.86. The second kappa shape index (κ2) is 6.44. The first-order valence-electron chi connectivity index (χ1n) is 5.98. The monoisotopic (exact) mass is 219 g/mol. The zero-order valence-corrected chi connectivity index (χ0v) is 10.2. The van der Waals surface area contributed by atoms with Crippen molar-refractivity contribution >= 4 is 5.78 Å². The van der Waals surface area contributed by atoms with Crippen molar-refractivity contribution in [2.45, 2.75) is 45.6 Å². The Balaban J connectivity index is 2.54. The highest BCUT2D eigenvalue weighted by Crippen LogP contribution is 2.10. The Morgan fingerprint density at radius 2 is 2.06 bits per heavy atom. The number of carbonyl (C=O) groups excluding carboxylic acids is 1. The largest absolute Gasteiger partial charge is 0.321 e. The molecular weight excluding hydrogens is 198 g/mol. The summed E-state index contributed by atoms with van der Waals surface area (Å²) >= 11 is 0. The minimum absolute atomic E-state index is 0.155. The zero-order valence-electron chi connectivity index (χ0n) is 10.2. The smallest absolute Gasteiger partial charge is 0.153 e. The van der Waals surface area contributed by atoms with Gasteiger partial charge in [0, 0.05) is 6.42 Å². The third-order valence-electron chi connectivity index (χ3n) is 2.91. The van der Waals surface area contributed by atoms with Crippen LogP contribution in [0.4, 0.5) is 0 Å². The van der Waals surface area contributed by atoms with Gasteiger partial charge in [-0.3, -0.25) is 4.79 Å². The molecule has 2 N–H and O–H groups in total. The van der Waals surface area contributed by atoms with Crippen LogP contribution >= 0.6 is 0 Å². The second-order valence-electron chi connectivity index (χ2n) is 4.32. The van der Waals surface area contributed by atoms with Crippen molar-refractivity contribution in [1.29, 1.82) is 0 Å². The molecule has 0 aromatic heterocycles. The molecule has 0 heterocycles. The summed E-state index contributed by atoms with van der Waals surface area (Å²) in [6.07, 6.45) is 3.39. The number of rotatable bonds is 6. The van der Waals surface area contributed by atoms with E-state index in [1.165, 1.54) is 5.56 Å². The van der Waals surface area contributed by atoms with Gasteiger partial charge in [0.05, 0.1) is 6.04 Å². The van der Waals surface area contributed by atoms with Crippen molar-refractivity contribution in [2.24, 2.45) is 5.73 Å². The van der Waals surface area contributed by atoms with Crippen LogP contribution in [-0.4, -0.2) is 11.8 Å². The third kappa shape index (κ3) is 3.78. The van der Waals surface area contributed by atoms with E-state index < -0.39 is 0 Å². The number of ketones is 1. The van der Waals surface area contributed by atoms with E-state index in [0.29, 0.717) is 6.42 Å². The van der Waals surface area contributed by atoms with Gasteiger partial charge in [0.2, 0.25) is 0 Å². The fraction of sp³-hybridized carbons (Fsp3) is 0.500. The number of nitrogens with two attached hydrogens (primary N) is 1. The Hall–Kier alpha value is -1.15. The lowest BCUT2D eigenvalue weighted by atomic mass is 9.98. The standard InChI is InChI=1S/C14H21NO/c1-3-4-9-13(15)14(16)10-12-8-6-5-7-11(12)2/h5-8,13H,3-4,9-10,15H2,1-2H3. The average molecular weight is 219 g/mol. The predicted molar refractivity (Wildman–Crippen MR) is 67.4 cm³/mol. The molecule has 0 radical (unpaired) electrons. The van der Waals surface area contributed by atoms with Crippen molar-refractivity contribution in [3.8, 4) is 0 Å². The molecule has 0 aliphatic carbocycles. The number of unbranched alkanes of at least 4 members (excludes halogenated alkanes) is 1. The lowest BCUT2D eigenvalue weighted by Gasteiger charge is -2.11. The first-order chi connectivity index (χ1) is 7.65. The van der Waals surface area contributed by atoms with Crippen LogP contribution in [0.15, 0.2) is 24.3 Å². The van der Waals surface area contributed by atoms with Gasteiger partial charge in [0.1, 0.15) is 0 Å². The molecule has 0 spiro atoms. The number of aryl methyl sites for hydroxylation is 1. The molecule has 1 aromatic rings. The van der Waals surface area contributed by atoms with Crippen molar-refractivity contribution in [2.75, 3.05) is 0 Å². The summed E-state index contributed by atoms with van der Waals surface area (Å²) < 4.78 is 0. The van der Waals surface area contributed by atoms with Gasteiger partial charge in [-0.05, 0) is 24.5 Å². The van der Waals surface area contributed by atoms with Crippen molar-refractivity contribution in [1.82, 2.24) is 0 Å². The van der Waals surface area contributed by atoms with Crippen molar-refractivity contribution < 1.29 is 4.79 Å². The summed E-state index contributed by atoms with van der Waals surface area (Å²) in [5, 5.41) is 0. The third-order valence-corrected chi connectivity index (χ3v) is 2.91. The SMILES string of the molecule is CCCCC(N)C(=O)Cc1ccccc1C. The van der Waals surface area contributed by atoms with E-state index >= 15 is 0 Å². The Labute approximate surface area is 97.9 Å². The van der Waals surface area contributed by atoms with Gasteiger partial charge in [-0.15, -0.1) is 0 Å². The Kier molecular flexibility index (Phi) is 5.20. The van der Waals surface area contributed by atoms with E-state index in [-0.39, 0.29) is 11.8 Å². The molecular formula is C14H21NO. The maximum absolute atomic E-state index is 11.8. The molecule has 2 heteroatoms. The fourth-order valence-electron chi connectivity index (χ4n) is 1.71. The lowest BCUT2D eigenvalue weighted by Crippen LogP contribution is -2.31. The molecule has 0 saturated heterocycles. The van der Waals surface area contributed by atoms with Crippen LogP contribution in [0.1, 0.15) is 37.3 Å². The van der Waals surface area contributed by atoms with Crippen LogP contribution < -0.4 is 5.73 Å². The summed E-state index contributed by atoms with van der Waals surface area (Å²) in [7, 11) is 0. The van der Waals surface area contributed by atoms with Crippen LogP contribution in [-0.2, 0) is 11.2 Å². The molecule has 0 amide bonds. The normalized spacial score (nSPS) is 12.4. The summed E-state index contributed by atoms with van der Waals surface area (Å²) in [6, 6.07) is 7.69. The summed E-state index contributed by atoms with van der Waals surface area (Å²) in [4.78, 5) is 11.8. The molecule has 1 rings (SSSR count). The van der Waals surface area contributed by atoms with Gasteiger partial charge in [0.25, 0.3) is 0 Å². The highest BCUT2D eigenvalue weighted by atomic mass is 16.1. The second-order valence-corrected chi connectivity index (χ2v) is 4.32. The van der Waals surface area contributed by atoms with Gasteiger partial charge < -0.3 is 5.73 Å².